The third-order valence-electron chi connectivity index (χ3n) is 2.56. The Morgan fingerprint density at radius 2 is 2.11 bits per heavy atom. The summed E-state index contributed by atoms with van der Waals surface area (Å²) < 4.78 is 9.91. The lowest BCUT2D eigenvalue weighted by molar-refractivity contribution is -0.148. The van der Waals surface area contributed by atoms with Crippen LogP contribution in [-0.4, -0.2) is 50.6 Å². The van der Waals surface area contributed by atoms with Gasteiger partial charge in [0.05, 0.1) is 13.2 Å². The van der Waals surface area contributed by atoms with E-state index in [1.54, 1.807) is 6.92 Å². The fraction of sp³-hybridized carbons (Fsp3) is 0.923. The summed E-state index contributed by atoms with van der Waals surface area (Å²) in [5.74, 6) is -0.319. The van der Waals surface area contributed by atoms with Crippen molar-refractivity contribution in [3.8, 4) is 0 Å². The van der Waals surface area contributed by atoms with Gasteiger partial charge in [-0.1, -0.05) is 13.8 Å². The van der Waals surface area contributed by atoms with Gasteiger partial charge < -0.3 is 19.9 Å². The van der Waals surface area contributed by atoms with Gasteiger partial charge in [-0.15, -0.1) is 0 Å². The minimum atomic E-state index is -0.319. The van der Waals surface area contributed by atoms with E-state index in [-0.39, 0.29) is 24.6 Å². The second kappa shape index (κ2) is 10.3. The van der Waals surface area contributed by atoms with Gasteiger partial charge in [0.2, 0.25) is 0 Å². The lowest BCUT2D eigenvalue weighted by atomic mass is 9.88. The van der Waals surface area contributed by atoms with E-state index >= 15 is 0 Å². The van der Waals surface area contributed by atoms with Crippen LogP contribution in [0.5, 0.6) is 0 Å². The number of carbonyl (C=O) groups excluding carboxylic acids is 1. The Hall–Kier alpha value is -0.650. The molecule has 0 heterocycles. The van der Waals surface area contributed by atoms with Gasteiger partial charge in [-0.05, 0) is 25.2 Å². The zero-order chi connectivity index (χ0) is 13.9. The van der Waals surface area contributed by atoms with E-state index in [0.717, 1.165) is 19.4 Å². The third-order valence-corrected chi connectivity index (χ3v) is 2.56. The maximum Gasteiger partial charge on any atom is 0.332 e. The highest BCUT2D eigenvalue weighted by molar-refractivity contribution is 5.70. The lowest BCUT2D eigenvalue weighted by Crippen LogP contribution is -2.32. The standard InChI is InChI=1S/C13H27NO4/c1-4-18-12(16)10-17-9-7-14-11-13(2,3)6-5-8-15/h14-15H,4-11H2,1-3H3. The molecule has 0 rings (SSSR count). The largest absolute Gasteiger partial charge is 0.464 e. The molecule has 18 heavy (non-hydrogen) atoms. The van der Waals surface area contributed by atoms with Crippen molar-refractivity contribution >= 4 is 5.97 Å². The molecule has 0 atom stereocenters. The monoisotopic (exact) mass is 261 g/mol. The van der Waals surface area contributed by atoms with Crippen LogP contribution in [0.4, 0.5) is 0 Å². The molecule has 0 bridgehead atoms. The molecule has 0 spiro atoms. The summed E-state index contributed by atoms with van der Waals surface area (Å²) in [6.07, 6.45) is 1.81. The molecule has 108 valence electrons. The Kier molecular flexibility index (Phi) is 9.92. The molecular formula is C13H27NO4. The maximum atomic E-state index is 11.0. The highest BCUT2D eigenvalue weighted by atomic mass is 16.6. The van der Waals surface area contributed by atoms with Gasteiger partial charge in [-0.25, -0.2) is 4.79 Å². The number of nitrogens with one attached hydrogen (secondary N) is 1. The first-order chi connectivity index (χ1) is 8.52. The van der Waals surface area contributed by atoms with Gasteiger partial charge in [0.1, 0.15) is 6.61 Å². The molecule has 5 heteroatoms. The van der Waals surface area contributed by atoms with E-state index < -0.39 is 0 Å². The predicted octanol–water partition coefficient (Wildman–Crippen LogP) is 0.954. The van der Waals surface area contributed by atoms with E-state index in [1.165, 1.54) is 0 Å². The van der Waals surface area contributed by atoms with Crippen LogP contribution in [-0.2, 0) is 14.3 Å². The quantitative estimate of drug-likeness (QED) is 0.428. The fourth-order valence-corrected chi connectivity index (χ4v) is 1.58. The molecule has 0 aromatic heterocycles. The molecule has 0 fully saturated rings. The molecule has 0 aliphatic heterocycles. The number of aliphatic hydroxyl groups is 1. The zero-order valence-corrected chi connectivity index (χ0v) is 11.8. The van der Waals surface area contributed by atoms with Crippen molar-refractivity contribution in [3.63, 3.8) is 0 Å². The average molecular weight is 261 g/mol. The fourth-order valence-electron chi connectivity index (χ4n) is 1.58. The van der Waals surface area contributed by atoms with Crippen LogP contribution >= 0.6 is 0 Å². The summed E-state index contributed by atoms with van der Waals surface area (Å²) in [5.41, 5.74) is 0.171. The summed E-state index contributed by atoms with van der Waals surface area (Å²) in [6, 6.07) is 0. The Labute approximate surface area is 110 Å². The van der Waals surface area contributed by atoms with Crippen molar-refractivity contribution in [1.29, 1.82) is 0 Å². The Balaban J connectivity index is 3.41. The molecule has 5 nitrogen and oxygen atoms in total. The van der Waals surface area contributed by atoms with Gasteiger partial charge in [-0.3, -0.25) is 0 Å². The first-order valence-electron chi connectivity index (χ1n) is 6.57. The van der Waals surface area contributed by atoms with Crippen molar-refractivity contribution in [2.75, 3.05) is 39.5 Å². The summed E-state index contributed by atoms with van der Waals surface area (Å²) in [4.78, 5) is 11.0. The van der Waals surface area contributed by atoms with Gasteiger partial charge >= 0.3 is 5.97 Å². The number of rotatable bonds is 11. The van der Waals surface area contributed by atoms with Gasteiger partial charge in [-0.2, -0.15) is 0 Å². The van der Waals surface area contributed by atoms with Crippen molar-refractivity contribution < 1.29 is 19.4 Å². The number of ether oxygens (including phenoxy) is 2. The highest BCUT2D eigenvalue weighted by Gasteiger charge is 2.16. The number of hydrogen-bond acceptors (Lipinski definition) is 5. The van der Waals surface area contributed by atoms with E-state index in [0.29, 0.717) is 19.8 Å². The molecular weight excluding hydrogens is 234 g/mol. The molecule has 0 unspecified atom stereocenters. The van der Waals surface area contributed by atoms with E-state index in [4.69, 9.17) is 14.6 Å². The summed E-state index contributed by atoms with van der Waals surface area (Å²) >= 11 is 0. The summed E-state index contributed by atoms with van der Waals surface area (Å²) in [7, 11) is 0. The first kappa shape index (κ1) is 17.4. The molecule has 0 aliphatic rings. The molecule has 0 amide bonds. The molecule has 0 saturated heterocycles. The van der Waals surface area contributed by atoms with Crippen LogP contribution in [0.3, 0.4) is 0 Å². The van der Waals surface area contributed by atoms with Gasteiger partial charge in [0.25, 0.3) is 0 Å². The zero-order valence-electron chi connectivity index (χ0n) is 11.8. The molecule has 0 aromatic rings. The minimum absolute atomic E-state index is 0.0173. The second-order valence-corrected chi connectivity index (χ2v) is 5.03. The van der Waals surface area contributed by atoms with E-state index in [9.17, 15) is 4.79 Å². The van der Waals surface area contributed by atoms with Gasteiger partial charge in [0, 0.05) is 19.7 Å². The van der Waals surface area contributed by atoms with E-state index in [1.807, 2.05) is 0 Å². The van der Waals surface area contributed by atoms with Crippen molar-refractivity contribution in [3.05, 3.63) is 0 Å². The van der Waals surface area contributed by atoms with Crippen LogP contribution in [0.15, 0.2) is 0 Å². The summed E-state index contributed by atoms with van der Waals surface area (Å²) in [6.45, 7) is 8.82. The number of aliphatic hydroxyl groups excluding tert-OH is 1. The normalized spacial score (nSPS) is 11.6. The van der Waals surface area contributed by atoms with Crippen LogP contribution in [0.1, 0.15) is 33.6 Å². The second-order valence-electron chi connectivity index (χ2n) is 5.03. The Morgan fingerprint density at radius 1 is 1.39 bits per heavy atom. The van der Waals surface area contributed by atoms with Crippen molar-refractivity contribution in [1.82, 2.24) is 5.32 Å². The Bertz CT molecular complexity index is 219. The van der Waals surface area contributed by atoms with Crippen molar-refractivity contribution in [2.24, 2.45) is 5.41 Å². The maximum absolute atomic E-state index is 11.0. The van der Waals surface area contributed by atoms with Crippen LogP contribution in [0, 0.1) is 5.41 Å². The molecule has 0 saturated carbocycles. The SMILES string of the molecule is CCOC(=O)COCCNCC(C)(C)CCCO. The minimum Gasteiger partial charge on any atom is -0.464 e. The third kappa shape index (κ3) is 10.5. The molecule has 0 aromatic carbocycles. The van der Waals surface area contributed by atoms with Crippen LogP contribution < -0.4 is 5.32 Å². The summed E-state index contributed by atoms with van der Waals surface area (Å²) in [5, 5.41) is 12.1. The Morgan fingerprint density at radius 3 is 2.72 bits per heavy atom. The van der Waals surface area contributed by atoms with Crippen LogP contribution in [0.2, 0.25) is 0 Å². The number of esters is 1. The molecule has 0 radical (unpaired) electrons. The average Bonchev–Trinajstić information content (AvgIpc) is 2.31. The van der Waals surface area contributed by atoms with Crippen molar-refractivity contribution in [2.45, 2.75) is 33.6 Å². The smallest absolute Gasteiger partial charge is 0.332 e. The lowest BCUT2D eigenvalue weighted by Gasteiger charge is -2.24. The number of carbonyl (C=O) groups is 1. The predicted molar refractivity (Wildman–Crippen MR) is 70.4 cm³/mol. The van der Waals surface area contributed by atoms with Crippen LogP contribution in [0.25, 0.3) is 0 Å². The van der Waals surface area contributed by atoms with E-state index in [2.05, 4.69) is 19.2 Å². The molecule has 0 aliphatic carbocycles. The first-order valence-corrected chi connectivity index (χ1v) is 6.57. The van der Waals surface area contributed by atoms with Gasteiger partial charge in [0.15, 0.2) is 0 Å². The topological polar surface area (TPSA) is 67.8 Å². The number of hydrogen-bond donors (Lipinski definition) is 2. The molecule has 2 N–H and O–H groups in total. The highest BCUT2D eigenvalue weighted by Crippen LogP contribution is 2.20.